The summed E-state index contributed by atoms with van der Waals surface area (Å²) in [7, 11) is 0. The fourth-order valence-electron chi connectivity index (χ4n) is 1.90. The summed E-state index contributed by atoms with van der Waals surface area (Å²) in [4.78, 5) is 0. The standard InChI is InChI=1S/C15H13F4N/c1-10-8-11(6-7-13(10)16)9-20-14-5-3-2-4-12(14)15(17,18)19/h2-8,20H,9H2,1H3. The van der Waals surface area contributed by atoms with Crippen molar-refractivity contribution >= 4 is 5.69 Å². The first kappa shape index (κ1) is 14.4. The van der Waals surface area contributed by atoms with Crippen molar-refractivity contribution in [2.24, 2.45) is 0 Å². The van der Waals surface area contributed by atoms with Crippen LogP contribution >= 0.6 is 0 Å². The summed E-state index contributed by atoms with van der Waals surface area (Å²) >= 11 is 0. The second kappa shape index (κ2) is 5.53. The van der Waals surface area contributed by atoms with Gasteiger partial charge < -0.3 is 5.32 Å². The van der Waals surface area contributed by atoms with Gasteiger partial charge in [-0.1, -0.05) is 24.3 Å². The molecule has 0 aliphatic carbocycles. The molecule has 0 heterocycles. The van der Waals surface area contributed by atoms with Gasteiger partial charge in [0.1, 0.15) is 5.82 Å². The van der Waals surface area contributed by atoms with Crippen LogP contribution in [-0.2, 0) is 12.7 Å². The van der Waals surface area contributed by atoms with Gasteiger partial charge >= 0.3 is 6.18 Å². The molecule has 0 unspecified atom stereocenters. The Kier molecular flexibility index (Phi) is 3.97. The lowest BCUT2D eigenvalue weighted by Gasteiger charge is -2.14. The molecular formula is C15H13F4N. The van der Waals surface area contributed by atoms with Gasteiger partial charge in [0.2, 0.25) is 0 Å². The Morgan fingerprint density at radius 2 is 1.75 bits per heavy atom. The number of benzene rings is 2. The Morgan fingerprint density at radius 1 is 1.05 bits per heavy atom. The fourth-order valence-corrected chi connectivity index (χ4v) is 1.90. The zero-order chi connectivity index (χ0) is 14.8. The Labute approximate surface area is 114 Å². The van der Waals surface area contributed by atoms with Crippen LogP contribution in [0, 0.1) is 12.7 Å². The lowest BCUT2D eigenvalue weighted by molar-refractivity contribution is -0.136. The van der Waals surface area contributed by atoms with Gasteiger partial charge in [-0.15, -0.1) is 0 Å². The maximum Gasteiger partial charge on any atom is 0.418 e. The molecule has 0 bridgehead atoms. The molecule has 5 heteroatoms. The Hall–Kier alpha value is -2.04. The molecule has 20 heavy (non-hydrogen) atoms. The molecule has 0 amide bonds. The van der Waals surface area contributed by atoms with Crippen LogP contribution in [0.3, 0.4) is 0 Å². The minimum absolute atomic E-state index is 0.0157. The third-order valence-electron chi connectivity index (χ3n) is 2.94. The molecule has 0 aromatic heterocycles. The molecule has 0 aliphatic heterocycles. The molecule has 2 rings (SSSR count). The number of nitrogens with one attached hydrogen (secondary N) is 1. The third-order valence-corrected chi connectivity index (χ3v) is 2.94. The van der Waals surface area contributed by atoms with Gasteiger partial charge in [-0.05, 0) is 36.2 Å². The fraction of sp³-hybridized carbons (Fsp3) is 0.200. The van der Waals surface area contributed by atoms with E-state index >= 15 is 0 Å². The topological polar surface area (TPSA) is 12.0 Å². The summed E-state index contributed by atoms with van der Waals surface area (Å²) < 4.78 is 51.5. The number of alkyl halides is 3. The van der Waals surface area contributed by atoms with Crippen molar-refractivity contribution in [3.05, 3.63) is 65.0 Å². The van der Waals surface area contributed by atoms with Crippen LogP contribution in [0.4, 0.5) is 23.2 Å². The molecule has 0 saturated heterocycles. The van der Waals surface area contributed by atoms with Gasteiger partial charge in [-0.3, -0.25) is 0 Å². The summed E-state index contributed by atoms with van der Waals surface area (Å²) in [6, 6.07) is 9.74. The number of hydrogen-bond acceptors (Lipinski definition) is 1. The number of aryl methyl sites for hydroxylation is 1. The van der Waals surface area contributed by atoms with E-state index in [0.29, 0.717) is 5.56 Å². The first-order valence-electron chi connectivity index (χ1n) is 6.03. The average molecular weight is 283 g/mol. The Balaban J connectivity index is 2.17. The number of para-hydroxylation sites is 1. The monoisotopic (exact) mass is 283 g/mol. The van der Waals surface area contributed by atoms with E-state index in [9.17, 15) is 17.6 Å². The predicted octanol–water partition coefficient (Wildman–Crippen LogP) is 4.77. The highest BCUT2D eigenvalue weighted by Gasteiger charge is 2.32. The van der Waals surface area contributed by atoms with Crippen LogP contribution < -0.4 is 5.32 Å². The molecule has 1 N–H and O–H groups in total. The number of rotatable bonds is 3. The molecule has 0 radical (unpaired) electrons. The number of hydrogen-bond donors (Lipinski definition) is 1. The summed E-state index contributed by atoms with van der Waals surface area (Å²) in [5.74, 6) is -0.329. The second-order valence-corrected chi connectivity index (χ2v) is 4.48. The van der Waals surface area contributed by atoms with Gasteiger partial charge in [-0.2, -0.15) is 13.2 Å². The summed E-state index contributed by atoms with van der Waals surface area (Å²) in [6.45, 7) is 1.82. The van der Waals surface area contributed by atoms with E-state index in [1.807, 2.05) is 0 Å². The van der Waals surface area contributed by atoms with Crippen LogP contribution in [0.15, 0.2) is 42.5 Å². The highest BCUT2D eigenvalue weighted by atomic mass is 19.4. The highest BCUT2D eigenvalue weighted by molar-refractivity contribution is 5.52. The SMILES string of the molecule is Cc1cc(CNc2ccccc2C(F)(F)F)ccc1F. The zero-order valence-corrected chi connectivity index (χ0v) is 10.8. The van der Waals surface area contributed by atoms with E-state index in [-0.39, 0.29) is 18.0 Å². The van der Waals surface area contributed by atoms with Crippen molar-refractivity contribution in [1.82, 2.24) is 0 Å². The van der Waals surface area contributed by atoms with Gasteiger partial charge in [0.25, 0.3) is 0 Å². The lowest BCUT2D eigenvalue weighted by Crippen LogP contribution is -2.10. The van der Waals surface area contributed by atoms with Crippen molar-refractivity contribution in [3.8, 4) is 0 Å². The van der Waals surface area contributed by atoms with E-state index in [4.69, 9.17) is 0 Å². The zero-order valence-electron chi connectivity index (χ0n) is 10.8. The van der Waals surface area contributed by atoms with Crippen molar-refractivity contribution in [1.29, 1.82) is 0 Å². The van der Waals surface area contributed by atoms with Crippen LogP contribution in [-0.4, -0.2) is 0 Å². The van der Waals surface area contributed by atoms with E-state index in [0.717, 1.165) is 11.6 Å². The number of anilines is 1. The van der Waals surface area contributed by atoms with Crippen LogP contribution in [0.1, 0.15) is 16.7 Å². The van der Waals surface area contributed by atoms with E-state index in [1.165, 1.54) is 24.3 Å². The molecule has 0 atom stereocenters. The number of halogens is 4. The average Bonchev–Trinajstić information content (AvgIpc) is 2.39. The van der Waals surface area contributed by atoms with E-state index in [1.54, 1.807) is 19.1 Å². The molecule has 0 saturated carbocycles. The molecule has 106 valence electrons. The Bertz CT molecular complexity index is 605. The first-order chi connectivity index (χ1) is 9.38. The minimum atomic E-state index is -4.40. The first-order valence-corrected chi connectivity index (χ1v) is 6.03. The highest BCUT2D eigenvalue weighted by Crippen LogP contribution is 2.34. The van der Waals surface area contributed by atoms with Crippen molar-refractivity contribution in [2.75, 3.05) is 5.32 Å². The second-order valence-electron chi connectivity index (χ2n) is 4.48. The summed E-state index contributed by atoms with van der Waals surface area (Å²) in [6.07, 6.45) is -4.40. The molecule has 0 aliphatic rings. The van der Waals surface area contributed by atoms with Crippen molar-refractivity contribution in [3.63, 3.8) is 0 Å². The molecule has 1 nitrogen and oxygen atoms in total. The summed E-state index contributed by atoms with van der Waals surface area (Å²) in [5, 5.41) is 2.74. The lowest BCUT2D eigenvalue weighted by atomic mass is 10.1. The molecule has 0 fully saturated rings. The maximum atomic E-state index is 13.1. The quantitative estimate of drug-likeness (QED) is 0.800. The minimum Gasteiger partial charge on any atom is -0.380 e. The molecule has 2 aromatic carbocycles. The van der Waals surface area contributed by atoms with Gasteiger partial charge in [0, 0.05) is 12.2 Å². The summed E-state index contributed by atoms with van der Waals surface area (Å²) in [5.41, 5.74) is 0.495. The molecule has 0 spiro atoms. The molecule has 2 aromatic rings. The Morgan fingerprint density at radius 3 is 2.40 bits per heavy atom. The van der Waals surface area contributed by atoms with Gasteiger partial charge in [-0.25, -0.2) is 4.39 Å². The van der Waals surface area contributed by atoms with Gasteiger partial charge in [0.05, 0.1) is 5.56 Å². The van der Waals surface area contributed by atoms with E-state index < -0.39 is 11.7 Å². The third kappa shape index (κ3) is 3.29. The predicted molar refractivity (Wildman–Crippen MR) is 69.9 cm³/mol. The maximum absolute atomic E-state index is 13.1. The molecular weight excluding hydrogens is 270 g/mol. The van der Waals surface area contributed by atoms with Crippen LogP contribution in [0.5, 0.6) is 0 Å². The van der Waals surface area contributed by atoms with Crippen LogP contribution in [0.25, 0.3) is 0 Å². The van der Waals surface area contributed by atoms with Gasteiger partial charge in [0.15, 0.2) is 0 Å². The largest absolute Gasteiger partial charge is 0.418 e. The smallest absolute Gasteiger partial charge is 0.380 e. The normalized spacial score (nSPS) is 11.4. The van der Waals surface area contributed by atoms with Crippen molar-refractivity contribution in [2.45, 2.75) is 19.6 Å². The van der Waals surface area contributed by atoms with Crippen LogP contribution in [0.2, 0.25) is 0 Å². The van der Waals surface area contributed by atoms with Crippen molar-refractivity contribution < 1.29 is 17.6 Å². The van der Waals surface area contributed by atoms with E-state index in [2.05, 4.69) is 5.32 Å².